The number of nitrogens with zero attached hydrogens (tertiary/aromatic N) is 2. The molecule has 0 bridgehead atoms. The lowest BCUT2D eigenvalue weighted by molar-refractivity contribution is 0.112. The molecule has 60 valence electrons. The molecule has 0 aromatic carbocycles. The molecule has 0 amide bonds. The summed E-state index contributed by atoms with van der Waals surface area (Å²) in [5.74, 6) is 0. The van der Waals surface area contributed by atoms with E-state index in [1.807, 2.05) is 0 Å². The number of carbonyl (C=O) groups is 1. The van der Waals surface area contributed by atoms with Crippen LogP contribution in [0, 0.1) is 0 Å². The molecule has 12 heavy (non-hydrogen) atoms. The van der Waals surface area contributed by atoms with E-state index in [1.54, 1.807) is 12.4 Å². The van der Waals surface area contributed by atoms with Gasteiger partial charge in [-0.15, -0.1) is 11.3 Å². The molecule has 0 saturated carbocycles. The molecule has 2 aromatic rings. The van der Waals surface area contributed by atoms with Crippen molar-refractivity contribution >= 4 is 33.7 Å². The summed E-state index contributed by atoms with van der Waals surface area (Å²) < 4.78 is 0. The first-order chi connectivity index (χ1) is 5.83. The molecular weight excluding hydrogens is 174 g/mol. The second kappa shape index (κ2) is 2.53. The van der Waals surface area contributed by atoms with Crippen molar-refractivity contribution in [2.75, 3.05) is 5.73 Å². The van der Waals surface area contributed by atoms with Crippen LogP contribution >= 0.6 is 11.3 Å². The van der Waals surface area contributed by atoms with Crippen molar-refractivity contribution in [2.24, 2.45) is 0 Å². The number of nitrogens with two attached hydrogens (primary N) is 1. The van der Waals surface area contributed by atoms with Gasteiger partial charge in [-0.05, 0) is 0 Å². The zero-order chi connectivity index (χ0) is 8.55. The van der Waals surface area contributed by atoms with Crippen molar-refractivity contribution < 1.29 is 4.79 Å². The minimum atomic E-state index is 0.429. The number of carbonyl (C=O) groups excluding carboxylic acids is 1. The maximum atomic E-state index is 10.5. The molecular formula is C7H5N3OS. The van der Waals surface area contributed by atoms with Crippen molar-refractivity contribution in [3.63, 3.8) is 0 Å². The number of aldehydes is 1. The van der Waals surface area contributed by atoms with E-state index in [0.29, 0.717) is 20.9 Å². The van der Waals surface area contributed by atoms with Crippen molar-refractivity contribution in [3.05, 3.63) is 17.3 Å². The average molecular weight is 179 g/mol. The number of hydrogen-bond donors (Lipinski definition) is 1. The Kier molecular flexibility index (Phi) is 1.51. The second-order valence-corrected chi connectivity index (χ2v) is 3.24. The summed E-state index contributed by atoms with van der Waals surface area (Å²) >= 11 is 1.26. The summed E-state index contributed by atoms with van der Waals surface area (Å²) in [5, 5.41) is 0. The Morgan fingerprint density at radius 3 is 2.83 bits per heavy atom. The maximum absolute atomic E-state index is 10.5. The van der Waals surface area contributed by atoms with E-state index in [1.165, 1.54) is 11.3 Å². The molecule has 0 aliphatic heterocycles. The van der Waals surface area contributed by atoms with Crippen molar-refractivity contribution in [1.82, 2.24) is 9.97 Å². The predicted octanol–water partition coefficient (Wildman–Crippen LogP) is 1.09. The van der Waals surface area contributed by atoms with Crippen LogP contribution in [0.1, 0.15) is 9.67 Å². The van der Waals surface area contributed by atoms with Gasteiger partial charge in [0.05, 0.1) is 10.6 Å². The van der Waals surface area contributed by atoms with E-state index in [2.05, 4.69) is 9.97 Å². The quantitative estimate of drug-likeness (QED) is 0.665. The second-order valence-electron chi connectivity index (χ2n) is 2.21. The molecule has 2 rings (SSSR count). The lowest BCUT2D eigenvalue weighted by Crippen LogP contribution is -1.88. The van der Waals surface area contributed by atoms with Gasteiger partial charge in [0, 0.05) is 12.4 Å². The van der Waals surface area contributed by atoms with Crippen LogP contribution < -0.4 is 5.73 Å². The Balaban J connectivity index is 2.87. The molecule has 0 aliphatic rings. The Morgan fingerprint density at radius 2 is 2.17 bits per heavy atom. The number of thiophene rings is 1. The van der Waals surface area contributed by atoms with Gasteiger partial charge in [-0.1, -0.05) is 0 Å². The van der Waals surface area contributed by atoms with Gasteiger partial charge in [0.2, 0.25) is 0 Å². The summed E-state index contributed by atoms with van der Waals surface area (Å²) in [6, 6.07) is 0. The van der Waals surface area contributed by atoms with Gasteiger partial charge in [0.25, 0.3) is 0 Å². The highest BCUT2D eigenvalue weighted by atomic mass is 32.1. The van der Waals surface area contributed by atoms with Crippen molar-refractivity contribution in [1.29, 1.82) is 0 Å². The molecule has 0 fully saturated rings. The summed E-state index contributed by atoms with van der Waals surface area (Å²) in [4.78, 5) is 19.7. The van der Waals surface area contributed by atoms with E-state index >= 15 is 0 Å². The minimum Gasteiger partial charge on any atom is -0.396 e. The van der Waals surface area contributed by atoms with Gasteiger partial charge < -0.3 is 5.73 Å². The topological polar surface area (TPSA) is 68.9 Å². The van der Waals surface area contributed by atoms with Crippen molar-refractivity contribution in [3.8, 4) is 0 Å². The summed E-state index contributed by atoms with van der Waals surface area (Å²) in [6.07, 6.45) is 3.86. The van der Waals surface area contributed by atoms with Crippen LogP contribution in [0.5, 0.6) is 0 Å². The first kappa shape index (κ1) is 7.17. The molecule has 2 heterocycles. The Labute approximate surface area is 72.1 Å². The molecule has 5 heteroatoms. The van der Waals surface area contributed by atoms with Crippen LogP contribution in [0.2, 0.25) is 0 Å². The minimum absolute atomic E-state index is 0.429. The zero-order valence-corrected chi connectivity index (χ0v) is 6.84. The van der Waals surface area contributed by atoms with E-state index < -0.39 is 0 Å². The smallest absolute Gasteiger partial charge is 0.162 e. The van der Waals surface area contributed by atoms with E-state index in [-0.39, 0.29) is 0 Å². The van der Waals surface area contributed by atoms with Crippen LogP contribution in [0.4, 0.5) is 5.69 Å². The van der Waals surface area contributed by atoms with Crippen LogP contribution in [-0.2, 0) is 0 Å². The predicted molar refractivity (Wildman–Crippen MR) is 47.2 cm³/mol. The van der Waals surface area contributed by atoms with Crippen LogP contribution in [0.15, 0.2) is 12.4 Å². The number of fused-ring (bicyclic) bond motifs is 1. The molecule has 2 N–H and O–H groups in total. The van der Waals surface area contributed by atoms with Gasteiger partial charge in [-0.3, -0.25) is 4.79 Å². The summed E-state index contributed by atoms with van der Waals surface area (Å²) in [7, 11) is 0. The lowest BCUT2D eigenvalue weighted by atomic mass is 10.4. The fourth-order valence-corrected chi connectivity index (χ4v) is 1.78. The fraction of sp³-hybridized carbons (Fsp3) is 0. The molecule has 4 nitrogen and oxygen atoms in total. The Hall–Kier alpha value is -1.49. The maximum Gasteiger partial charge on any atom is 0.162 e. The highest BCUT2D eigenvalue weighted by Crippen LogP contribution is 2.28. The molecule has 0 spiro atoms. The average Bonchev–Trinajstić information content (AvgIpc) is 2.44. The normalized spacial score (nSPS) is 10.3. The fourth-order valence-electron chi connectivity index (χ4n) is 0.948. The van der Waals surface area contributed by atoms with E-state index in [4.69, 9.17) is 5.73 Å². The van der Waals surface area contributed by atoms with Crippen molar-refractivity contribution in [2.45, 2.75) is 0 Å². The highest BCUT2D eigenvalue weighted by molar-refractivity contribution is 7.20. The third-order valence-electron chi connectivity index (χ3n) is 1.50. The SMILES string of the molecule is Nc1c(C=O)sc2nccnc12. The standard InChI is InChI=1S/C7H5N3OS/c8-5-4(3-11)12-7-6(5)9-1-2-10-7/h1-3H,8H2. The largest absolute Gasteiger partial charge is 0.396 e. The Bertz CT molecular complexity index is 437. The number of nitrogen functional groups attached to an aromatic ring is 1. The zero-order valence-electron chi connectivity index (χ0n) is 6.02. The monoisotopic (exact) mass is 179 g/mol. The number of aromatic nitrogens is 2. The molecule has 0 aliphatic carbocycles. The van der Waals surface area contributed by atoms with E-state index in [9.17, 15) is 4.79 Å². The van der Waals surface area contributed by atoms with Crippen LogP contribution in [-0.4, -0.2) is 16.3 Å². The summed E-state index contributed by atoms with van der Waals surface area (Å²) in [5.41, 5.74) is 6.67. The number of hydrogen-bond acceptors (Lipinski definition) is 5. The van der Waals surface area contributed by atoms with Gasteiger partial charge in [0.1, 0.15) is 10.3 Å². The third kappa shape index (κ3) is 0.868. The lowest BCUT2D eigenvalue weighted by Gasteiger charge is -1.87. The first-order valence-corrected chi connectivity index (χ1v) is 4.08. The number of anilines is 1. The number of rotatable bonds is 1. The third-order valence-corrected chi connectivity index (χ3v) is 2.53. The molecule has 0 unspecified atom stereocenters. The molecule has 0 radical (unpaired) electrons. The molecule has 0 saturated heterocycles. The van der Waals surface area contributed by atoms with Gasteiger partial charge in [-0.2, -0.15) is 0 Å². The van der Waals surface area contributed by atoms with Crippen LogP contribution in [0.3, 0.4) is 0 Å². The molecule has 2 aromatic heterocycles. The van der Waals surface area contributed by atoms with Gasteiger partial charge in [-0.25, -0.2) is 9.97 Å². The Morgan fingerprint density at radius 1 is 1.42 bits per heavy atom. The summed E-state index contributed by atoms with van der Waals surface area (Å²) in [6.45, 7) is 0. The highest BCUT2D eigenvalue weighted by Gasteiger charge is 2.09. The first-order valence-electron chi connectivity index (χ1n) is 3.27. The molecule has 0 atom stereocenters. The van der Waals surface area contributed by atoms with Crippen LogP contribution in [0.25, 0.3) is 10.3 Å². The van der Waals surface area contributed by atoms with Gasteiger partial charge >= 0.3 is 0 Å². The van der Waals surface area contributed by atoms with E-state index in [0.717, 1.165) is 6.29 Å². The van der Waals surface area contributed by atoms with Gasteiger partial charge in [0.15, 0.2) is 6.29 Å².